The van der Waals surface area contributed by atoms with Crippen molar-refractivity contribution in [1.82, 2.24) is 4.90 Å². The fraction of sp³-hybridized carbons (Fsp3) is 0.385. The second-order valence-electron chi connectivity index (χ2n) is 4.33. The van der Waals surface area contributed by atoms with Gasteiger partial charge in [0.05, 0.1) is 7.11 Å². The van der Waals surface area contributed by atoms with E-state index in [9.17, 15) is 9.59 Å². The van der Waals surface area contributed by atoms with Crippen LogP contribution in [0.2, 0.25) is 0 Å². The molecular formula is C13H18N2O4. The third kappa shape index (κ3) is 3.69. The van der Waals surface area contributed by atoms with Gasteiger partial charge in [-0.25, -0.2) is 4.79 Å². The molecule has 0 radical (unpaired) electrons. The van der Waals surface area contributed by atoms with Crippen molar-refractivity contribution in [1.29, 1.82) is 0 Å². The van der Waals surface area contributed by atoms with E-state index in [1.165, 1.54) is 11.9 Å². The molecule has 1 atom stereocenters. The second kappa shape index (κ2) is 6.19. The lowest BCUT2D eigenvalue weighted by Gasteiger charge is -2.20. The van der Waals surface area contributed by atoms with Gasteiger partial charge in [-0.1, -0.05) is 17.7 Å². The molecule has 0 aliphatic heterocycles. The molecule has 0 aromatic heterocycles. The number of carboxylic acids is 1. The van der Waals surface area contributed by atoms with Crippen molar-refractivity contribution >= 4 is 11.9 Å². The van der Waals surface area contributed by atoms with E-state index in [-0.39, 0.29) is 6.54 Å². The Morgan fingerprint density at radius 2 is 2.11 bits per heavy atom. The smallest absolute Gasteiger partial charge is 0.330 e. The highest BCUT2D eigenvalue weighted by molar-refractivity contribution is 6.00. The Balaban J connectivity index is 2.87. The van der Waals surface area contributed by atoms with Gasteiger partial charge in [-0.3, -0.25) is 4.79 Å². The van der Waals surface area contributed by atoms with E-state index in [0.29, 0.717) is 5.75 Å². The van der Waals surface area contributed by atoms with Gasteiger partial charge in [0.2, 0.25) is 0 Å². The Morgan fingerprint density at radius 3 is 2.63 bits per heavy atom. The molecule has 1 aromatic carbocycles. The maximum atomic E-state index is 11.8. The molecular weight excluding hydrogens is 248 g/mol. The topological polar surface area (TPSA) is 92.9 Å². The fourth-order valence-electron chi connectivity index (χ4n) is 1.71. The van der Waals surface area contributed by atoms with Crippen molar-refractivity contribution < 1.29 is 19.4 Å². The molecule has 0 saturated carbocycles. The number of rotatable bonds is 5. The van der Waals surface area contributed by atoms with Gasteiger partial charge in [0.25, 0.3) is 5.91 Å². The largest absolute Gasteiger partial charge is 0.496 e. The molecule has 0 aliphatic carbocycles. The first-order valence-corrected chi connectivity index (χ1v) is 5.73. The van der Waals surface area contributed by atoms with Gasteiger partial charge in [0.15, 0.2) is 6.04 Å². The highest BCUT2D eigenvalue weighted by atomic mass is 16.5. The maximum Gasteiger partial charge on any atom is 0.330 e. The normalized spacial score (nSPS) is 11.8. The van der Waals surface area contributed by atoms with Gasteiger partial charge >= 0.3 is 5.97 Å². The number of aliphatic carboxylic acids is 1. The third-order valence-electron chi connectivity index (χ3n) is 2.75. The zero-order valence-corrected chi connectivity index (χ0v) is 11.2. The van der Waals surface area contributed by atoms with Crippen LogP contribution in [0, 0.1) is 6.92 Å². The second-order valence-corrected chi connectivity index (χ2v) is 4.33. The highest BCUT2D eigenvalue weighted by Crippen LogP contribution is 2.21. The molecule has 1 unspecified atom stereocenters. The van der Waals surface area contributed by atoms with E-state index in [0.717, 1.165) is 11.1 Å². The van der Waals surface area contributed by atoms with Crippen molar-refractivity contribution in [3.63, 3.8) is 0 Å². The Kier molecular flexibility index (Phi) is 4.88. The van der Waals surface area contributed by atoms with E-state index < -0.39 is 17.9 Å². The van der Waals surface area contributed by atoms with Crippen molar-refractivity contribution in [2.45, 2.75) is 19.5 Å². The van der Waals surface area contributed by atoms with Gasteiger partial charge in [0, 0.05) is 19.2 Å². The fourth-order valence-corrected chi connectivity index (χ4v) is 1.71. The summed E-state index contributed by atoms with van der Waals surface area (Å²) in [5.74, 6) is -1.33. The molecule has 0 spiro atoms. The van der Waals surface area contributed by atoms with E-state index in [1.54, 1.807) is 13.2 Å². The number of methoxy groups -OCH3 is 1. The lowest BCUT2D eigenvalue weighted by molar-refractivity contribution is -0.146. The molecule has 6 heteroatoms. The summed E-state index contributed by atoms with van der Waals surface area (Å²) in [5, 5.41) is 8.72. The van der Waals surface area contributed by atoms with Crippen molar-refractivity contribution in [3.05, 3.63) is 29.3 Å². The molecule has 0 heterocycles. The number of carbonyl (C=O) groups is 2. The summed E-state index contributed by atoms with van der Waals surface area (Å²) >= 11 is 0. The van der Waals surface area contributed by atoms with Crippen LogP contribution < -0.4 is 10.5 Å². The molecule has 1 rings (SSSR count). The van der Waals surface area contributed by atoms with Crippen LogP contribution in [0.4, 0.5) is 0 Å². The number of likely N-dealkylation sites (N-methyl/N-ethyl adjacent to an activating group) is 1. The predicted molar refractivity (Wildman–Crippen MR) is 69.8 cm³/mol. The molecule has 1 aromatic rings. The summed E-state index contributed by atoms with van der Waals surface area (Å²) in [6, 6.07) is 4.04. The zero-order valence-electron chi connectivity index (χ0n) is 11.2. The molecule has 3 N–H and O–H groups in total. The van der Waals surface area contributed by atoms with Crippen molar-refractivity contribution in [2.24, 2.45) is 5.73 Å². The number of benzene rings is 1. The van der Waals surface area contributed by atoms with Crippen LogP contribution in [0.5, 0.6) is 5.75 Å². The van der Waals surface area contributed by atoms with Gasteiger partial charge < -0.3 is 20.5 Å². The summed E-state index contributed by atoms with van der Waals surface area (Å²) < 4.78 is 5.20. The maximum absolute atomic E-state index is 11.8. The summed E-state index contributed by atoms with van der Waals surface area (Å²) in [5.41, 5.74) is 7.12. The molecule has 0 saturated heterocycles. The number of hydrogen-bond acceptors (Lipinski definition) is 4. The number of nitrogens with zero attached hydrogens (tertiary/aromatic N) is 1. The molecule has 0 aliphatic rings. The average Bonchev–Trinajstić information content (AvgIpc) is 2.37. The van der Waals surface area contributed by atoms with E-state index in [1.807, 2.05) is 19.1 Å². The molecule has 6 nitrogen and oxygen atoms in total. The monoisotopic (exact) mass is 266 g/mol. The first-order valence-electron chi connectivity index (χ1n) is 5.73. The summed E-state index contributed by atoms with van der Waals surface area (Å²) in [4.78, 5) is 23.7. The lowest BCUT2D eigenvalue weighted by atomic mass is 10.1. The quantitative estimate of drug-likeness (QED) is 0.751. The summed E-state index contributed by atoms with van der Waals surface area (Å²) in [7, 11) is 3.05. The Labute approximate surface area is 111 Å². The average molecular weight is 266 g/mol. The Morgan fingerprint density at radius 1 is 1.47 bits per heavy atom. The van der Waals surface area contributed by atoms with Crippen LogP contribution in [0.3, 0.4) is 0 Å². The third-order valence-corrected chi connectivity index (χ3v) is 2.75. The van der Waals surface area contributed by atoms with Crippen LogP contribution >= 0.6 is 0 Å². The number of carbonyl (C=O) groups excluding carboxylic acids is 1. The van der Waals surface area contributed by atoms with Crippen molar-refractivity contribution in [2.75, 3.05) is 14.2 Å². The van der Waals surface area contributed by atoms with E-state index in [2.05, 4.69) is 0 Å². The van der Waals surface area contributed by atoms with Gasteiger partial charge in [0.1, 0.15) is 5.75 Å². The summed E-state index contributed by atoms with van der Waals surface area (Å²) in [6.07, 6.45) is 0. The minimum atomic E-state index is -1.54. The van der Waals surface area contributed by atoms with E-state index in [4.69, 9.17) is 15.6 Å². The molecule has 104 valence electrons. The van der Waals surface area contributed by atoms with Crippen LogP contribution in [0.1, 0.15) is 11.1 Å². The number of hydrogen-bond donors (Lipinski definition) is 2. The van der Waals surface area contributed by atoms with Gasteiger partial charge in [-0.05, 0) is 13.0 Å². The molecule has 1 amide bonds. The first kappa shape index (κ1) is 15.0. The highest BCUT2D eigenvalue weighted by Gasteiger charge is 2.25. The lowest BCUT2D eigenvalue weighted by Crippen LogP contribution is -2.46. The standard InChI is InChI=1S/C13H18N2O4/c1-8-4-5-10(19-3)9(6-8)7-15(2)12(16)11(14)13(17)18/h4-6,11H,7,14H2,1-3H3,(H,17,18). The minimum Gasteiger partial charge on any atom is -0.496 e. The number of nitrogens with two attached hydrogens (primary N) is 1. The molecule has 0 bridgehead atoms. The number of carboxylic acid groups (broad SMARTS) is 1. The molecule has 0 fully saturated rings. The SMILES string of the molecule is COc1ccc(C)cc1CN(C)C(=O)C(N)C(=O)O. The van der Waals surface area contributed by atoms with E-state index >= 15 is 0 Å². The number of ether oxygens (including phenoxy) is 1. The van der Waals surface area contributed by atoms with Crippen molar-refractivity contribution in [3.8, 4) is 5.75 Å². The zero-order chi connectivity index (χ0) is 14.6. The predicted octanol–water partition coefficient (Wildman–Crippen LogP) is 0.374. The van der Waals surface area contributed by atoms with Crippen LogP contribution in [-0.2, 0) is 16.1 Å². The Hall–Kier alpha value is -2.08. The first-order chi connectivity index (χ1) is 8.86. The summed E-state index contributed by atoms with van der Waals surface area (Å²) in [6.45, 7) is 2.17. The van der Waals surface area contributed by atoms with Crippen LogP contribution in [-0.4, -0.2) is 42.1 Å². The molecule has 19 heavy (non-hydrogen) atoms. The number of amides is 1. The van der Waals surface area contributed by atoms with Crippen LogP contribution in [0.25, 0.3) is 0 Å². The minimum absolute atomic E-state index is 0.241. The number of aryl methyl sites for hydroxylation is 1. The van der Waals surface area contributed by atoms with Gasteiger partial charge in [-0.2, -0.15) is 0 Å². The Bertz CT molecular complexity index is 488. The van der Waals surface area contributed by atoms with Crippen LogP contribution in [0.15, 0.2) is 18.2 Å². The van der Waals surface area contributed by atoms with Gasteiger partial charge in [-0.15, -0.1) is 0 Å².